The van der Waals surface area contributed by atoms with Gasteiger partial charge in [0.15, 0.2) is 0 Å². The number of nitrogens with one attached hydrogen (secondary N) is 1. The van der Waals surface area contributed by atoms with Crippen molar-refractivity contribution >= 4 is 46.6 Å². The van der Waals surface area contributed by atoms with Crippen LogP contribution in [-0.2, 0) is 22.6 Å². The number of rotatable bonds is 7. The van der Waals surface area contributed by atoms with E-state index >= 15 is 0 Å². The second-order valence-corrected chi connectivity index (χ2v) is 9.28. The molecule has 0 heterocycles. The van der Waals surface area contributed by atoms with E-state index < -0.39 is 6.04 Å². The van der Waals surface area contributed by atoms with Crippen molar-refractivity contribution in [2.75, 3.05) is 0 Å². The molecule has 1 N–H and O–H groups in total. The first-order valence-electron chi connectivity index (χ1n) is 10.6. The molecule has 0 radical (unpaired) electrons. The average Bonchev–Trinajstić information content (AvgIpc) is 2.76. The average molecular weight is 482 g/mol. The summed E-state index contributed by atoms with van der Waals surface area (Å²) in [7, 11) is 0. The molecule has 31 heavy (non-hydrogen) atoms. The minimum atomic E-state index is -0.633. The minimum Gasteiger partial charge on any atom is -0.352 e. The number of hydrogen-bond acceptors (Lipinski definition) is 2. The van der Waals surface area contributed by atoms with Crippen molar-refractivity contribution in [2.24, 2.45) is 0 Å². The molecule has 1 atom stereocenters. The van der Waals surface area contributed by atoms with Crippen molar-refractivity contribution in [2.45, 2.75) is 64.1 Å². The van der Waals surface area contributed by atoms with E-state index in [1.807, 2.05) is 24.3 Å². The highest BCUT2D eigenvalue weighted by Gasteiger charge is 2.28. The van der Waals surface area contributed by atoms with Crippen LogP contribution >= 0.6 is 34.8 Å². The molecular formula is C24H27Cl3N2O2. The Balaban J connectivity index is 1.79. The van der Waals surface area contributed by atoms with Crippen LogP contribution in [0.4, 0.5) is 0 Å². The molecule has 166 valence electrons. The quantitative estimate of drug-likeness (QED) is 0.523. The predicted molar refractivity (Wildman–Crippen MR) is 127 cm³/mol. The Morgan fingerprint density at radius 1 is 1.00 bits per heavy atom. The lowest BCUT2D eigenvalue weighted by molar-refractivity contribution is -0.140. The summed E-state index contributed by atoms with van der Waals surface area (Å²) >= 11 is 18.5. The number of amides is 2. The summed E-state index contributed by atoms with van der Waals surface area (Å²) < 4.78 is 0. The molecule has 0 unspecified atom stereocenters. The van der Waals surface area contributed by atoms with Gasteiger partial charge >= 0.3 is 0 Å². The van der Waals surface area contributed by atoms with E-state index in [0.29, 0.717) is 15.1 Å². The van der Waals surface area contributed by atoms with Crippen molar-refractivity contribution in [1.29, 1.82) is 0 Å². The molecule has 0 saturated heterocycles. The molecule has 7 heteroatoms. The van der Waals surface area contributed by atoms with Gasteiger partial charge in [-0.3, -0.25) is 9.59 Å². The molecular weight excluding hydrogens is 455 g/mol. The van der Waals surface area contributed by atoms with E-state index in [9.17, 15) is 9.59 Å². The smallest absolute Gasteiger partial charge is 0.242 e. The van der Waals surface area contributed by atoms with Crippen LogP contribution in [0.15, 0.2) is 42.5 Å². The fourth-order valence-electron chi connectivity index (χ4n) is 3.89. The normalized spacial score (nSPS) is 15.4. The van der Waals surface area contributed by atoms with Crippen LogP contribution in [0.3, 0.4) is 0 Å². The topological polar surface area (TPSA) is 49.4 Å². The van der Waals surface area contributed by atoms with Crippen LogP contribution in [0.5, 0.6) is 0 Å². The van der Waals surface area contributed by atoms with Gasteiger partial charge in [0.2, 0.25) is 11.8 Å². The van der Waals surface area contributed by atoms with E-state index in [1.165, 1.54) is 6.42 Å². The van der Waals surface area contributed by atoms with Gasteiger partial charge in [0.05, 0.1) is 16.5 Å². The maximum Gasteiger partial charge on any atom is 0.242 e. The van der Waals surface area contributed by atoms with E-state index in [4.69, 9.17) is 34.8 Å². The summed E-state index contributed by atoms with van der Waals surface area (Å²) in [6.45, 7) is 2.01. The highest BCUT2D eigenvalue weighted by atomic mass is 35.5. The Morgan fingerprint density at radius 2 is 1.71 bits per heavy atom. The van der Waals surface area contributed by atoms with Gasteiger partial charge in [-0.2, -0.15) is 0 Å². The number of benzene rings is 2. The van der Waals surface area contributed by atoms with Crippen LogP contribution in [-0.4, -0.2) is 28.8 Å². The van der Waals surface area contributed by atoms with Crippen molar-refractivity contribution in [3.8, 4) is 0 Å². The molecule has 1 aliphatic rings. The number of carbonyl (C=O) groups is 2. The zero-order chi connectivity index (χ0) is 22.4. The standard InChI is InChI=1S/C24H27Cl3N2O2/c1-16(24(31)28-19-8-3-2-4-9-19)29(15-17-11-12-21(26)22(27)13-17)23(30)14-18-7-5-6-10-20(18)25/h5-7,10-13,16,19H,2-4,8-9,14-15H2,1H3,(H,28,31)/t16-/m1/s1. The van der Waals surface area contributed by atoms with Crippen molar-refractivity contribution in [3.05, 3.63) is 68.7 Å². The summed E-state index contributed by atoms with van der Waals surface area (Å²) in [4.78, 5) is 27.9. The monoisotopic (exact) mass is 480 g/mol. The Hall–Kier alpha value is -1.75. The van der Waals surface area contributed by atoms with Gasteiger partial charge in [0.25, 0.3) is 0 Å². The Labute approximate surface area is 198 Å². The molecule has 1 saturated carbocycles. The van der Waals surface area contributed by atoms with E-state index in [0.717, 1.165) is 36.8 Å². The first kappa shape index (κ1) is 23.9. The molecule has 0 aliphatic heterocycles. The SMILES string of the molecule is C[C@H](C(=O)NC1CCCCC1)N(Cc1ccc(Cl)c(Cl)c1)C(=O)Cc1ccccc1Cl. The van der Waals surface area contributed by atoms with Crippen LogP contribution in [0, 0.1) is 0 Å². The first-order valence-corrected chi connectivity index (χ1v) is 11.8. The highest BCUT2D eigenvalue weighted by molar-refractivity contribution is 6.42. The number of hydrogen-bond donors (Lipinski definition) is 1. The van der Waals surface area contributed by atoms with Crippen LogP contribution < -0.4 is 5.32 Å². The zero-order valence-electron chi connectivity index (χ0n) is 17.5. The maximum absolute atomic E-state index is 13.3. The maximum atomic E-state index is 13.3. The van der Waals surface area contributed by atoms with E-state index in [-0.39, 0.29) is 30.8 Å². The van der Waals surface area contributed by atoms with Gasteiger partial charge in [-0.15, -0.1) is 0 Å². The lowest BCUT2D eigenvalue weighted by atomic mass is 9.95. The third-order valence-electron chi connectivity index (χ3n) is 5.76. The molecule has 0 aromatic heterocycles. The Morgan fingerprint density at radius 3 is 2.39 bits per heavy atom. The molecule has 1 fully saturated rings. The molecule has 3 rings (SSSR count). The minimum absolute atomic E-state index is 0.113. The molecule has 2 aromatic carbocycles. The van der Waals surface area contributed by atoms with Gasteiger partial charge in [0, 0.05) is 17.6 Å². The van der Waals surface area contributed by atoms with Crippen LogP contribution in [0.25, 0.3) is 0 Å². The molecule has 1 aliphatic carbocycles. The predicted octanol–water partition coefficient (Wildman–Crippen LogP) is 6.06. The molecule has 2 amide bonds. The molecule has 4 nitrogen and oxygen atoms in total. The fourth-order valence-corrected chi connectivity index (χ4v) is 4.42. The molecule has 0 bridgehead atoms. The fraction of sp³-hybridized carbons (Fsp3) is 0.417. The number of carbonyl (C=O) groups excluding carboxylic acids is 2. The Bertz CT molecular complexity index is 929. The third-order valence-corrected chi connectivity index (χ3v) is 6.86. The number of halogens is 3. The largest absolute Gasteiger partial charge is 0.352 e. The first-order chi connectivity index (χ1) is 14.8. The summed E-state index contributed by atoms with van der Waals surface area (Å²) in [6, 6.07) is 12.0. The zero-order valence-corrected chi connectivity index (χ0v) is 19.8. The van der Waals surface area contributed by atoms with E-state index in [2.05, 4.69) is 5.32 Å². The van der Waals surface area contributed by atoms with Crippen molar-refractivity contribution < 1.29 is 9.59 Å². The lowest BCUT2D eigenvalue weighted by Gasteiger charge is -2.31. The van der Waals surface area contributed by atoms with Gasteiger partial charge < -0.3 is 10.2 Å². The third kappa shape index (κ3) is 6.61. The summed E-state index contributed by atoms with van der Waals surface area (Å²) in [5, 5.41) is 4.52. The van der Waals surface area contributed by atoms with Crippen molar-refractivity contribution in [3.63, 3.8) is 0 Å². The van der Waals surface area contributed by atoms with Gasteiger partial charge in [0.1, 0.15) is 6.04 Å². The summed E-state index contributed by atoms with van der Waals surface area (Å²) in [6.07, 6.45) is 5.54. The molecule has 2 aromatic rings. The molecule has 0 spiro atoms. The van der Waals surface area contributed by atoms with Gasteiger partial charge in [-0.25, -0.2) is 0 Å². The Kier molecular flexibility index (Phi) is 8.65. The van der Waals surface area contributed by atoms with E-state index in [1.54, 1.807) is 30.0 Å². The lowest BCUT2D eigenvalue weighted by Crippen LogP contribution is -2.50. The van der Waals surface area contributed by atoms with Crippen LogP contribution in [0.2, 0.25) is 15.1 Å². The summed E-state index contributed by atoms with van der Waals surface area (Å²) in [5.41, 5.74) is 1.53. The highest BCUT2D eigenvalue weighted by Crippen LogP contribution is 2.25. The van der Waals surface area contributed by atoms with Crippen LogP contribution in [0.1, 0.15) is 50.2 Å². The van der Waals surface area contributed by atoms with Gasteiger partial charge in [-0.05, 0) is 49.1 Å². The second-order valence-electron chi connectivity index (χ2n) is 8.06. The number of nitrogens with zero attached hydrogens (tertiary/aromatic N) is 1. The van der Waals surface area contributed by atoms with Crippen molar-refractivity contribution in [1.82, 2.24) is 10.2 Å². The second kappa shape index (κ2) is 11.2. The van der Waals surface area contributed by atoms with Gasteiger partial charge in [-0.1, -0.05) is 78.3 Å². The summed E-state index contributed by atoms with van der Waals surface area (Å²) in [5.74, 6) is -0.315.